The molecule has 0 spiro atoms. The van der Waals surface area contributed by atoms with Gasteiger partial charge in [-0.15, -0.1) is 0 Å². The molecule has 0 unspecified atom stereocenters. The highest BCUT2D eigenvalue weighted by Crippen LogP contribution is 2.34. The average Bonchev–Trinajstić information content (AvgIpc) is 2.83. The van der Waals surface area contributed by atoms with Crippen LogP contribution in [0.2, 0.25) is 0 Å². The van der Waals surface area contributed by atoms with Gasteiger partial charge in [0.25, 0.3) is 0 Å². The zero-order valence-corrected chi connectivity index (χ0v) is 18.7. The van der Waals surface area contributed by atoms with Crippen LogP contribution in [0.25, 0.3) is 11.1 Å². The van der Waals surface area contributed by atoms with Gasteiger partial charge in [-0.05, 0) is 46.4 Å². The molecule has 31 heavy (non-hydrogen) atoms. The molecule has 1 amide bonds. The molecule has 0 bridgehead atoms. The Morgan fingerprint density at radius 1 is 0.742 bits per heavy atom. The first kappa shape index (κ1) is 22.4. The molecule has 0 radical (unpaired) electrons. The molecule has 0 atom stereocenters. The molecular weight excluding hydrogens is 382 g/mol. The molecule has 0 saturated heterocycles. The number of carbonyl (C=O) groups is 1. The molecule has 3 aromatic carbocycles. The molecule has 3 rings (SSSR count). The molecule has 0 saturated carbocycles. The van der Waals surface area contributed by atoms with E-state index in [0.717, 1.165) is 17.7 Å². The van der Waals surface area contributed by atoms with Gasteiger partial charge in [0.05, 0.1) is 6.54 Å². The van der Waals surface area contributed by atoms with Crippen LogP contribution in [-0.4, -0.2) is 31.0 Å². The van der Waals surface area contributed by atoms with Crippen LogP contribution in [0.3, 0.4) is 0 Å². The maximum atomic E-state index is 11.7. The number of allylic oxidation sites excluding steroid dienone is 1. The van der Waals surface area contributed by atoms with Gasteiger partial charge in [-0.1, -0.05) is 86.6 Å². The second kappa shape index (κ2) is 11.2. The quantitative estimate of drug-likeness (QED) is 0.385. The molecule has 160 valence electrons. The third kappa shape index (κ3) is 5.85. The maximum Gasteiger partial charge on any atom is 0.222 e. The van der Waals surface area contributed by atoms with E-state index in [1.165, 1.54) is 22.3 Å². The van der Waals surface area contributed by atoms with E-state index in [9.17, 15) is 4.79 Å². The third-order valence-electron chi connectivity index (χ3n) is 5.41. The summed E-state index contributed by atoms with van der Waals surface area (Å²) in [7, 11) is 1.81. The van der Waals surface area contributed by atoms with Crippen LogP contribution in [0, 0.1) is 0 Å². The molecule has 0 heterocycles. The lowest BCUT2D eigenvalue weighted by molar-refractivity contribution is -0.129. The van der Waals surface area contributed by atoms with Crippen molar-refractivity contribution in [3.05, 3.63) is 102 Å². The van der Waals surface area contributed by atoms with E-state index in [2.05, 4.69) is 73.7 Å². The first-order chi connectivity index (χ1) is 15.1. The summed E-state index contributed by atoms with van der Waals surface area (Å²) in [5.74, 6) is 0.941. The number of rotatable bonds is 9. The van der Waals surface area contributed by atoms with Crippen molar-refractivity contribution in [2.75, 3.05) is 20.2 Å². The third-order valence-corrected chi connectivity index (χ3v) is 5.41. The molecule has 0 aliphatic carbocycles. The van der Waals surface area contributed by atoms with Crippen LogP contribution < -0.4 is 4.74 Å². The number of hydrogen-bond acceptors (Lipinski definition) is 2. The topological polar surface area (TPSA) is 29.5 Å². The van der Waals surface area contributed by atoms with E-state index < -0.39 is 0 Å². The van der Waals surface area contributed by atoms with Gasteiger partial charge >= 0.3 is 0 Å². The van der Waals surface area contributed by atoms with Crippen LogP contribution in [0.4, 0.5) is 0 Å². The van der Waals surface area contributed by atoms with Gasteiger partial charge in [-0.3, -0.25) is 4.79 Å². The first-order valence-corrected chi connectivity index (χ1v) is 10.9. The van der Waals surface area contributed by atoms with Crippen LogP contribution in [-0.2, 0) is 4.79 Å². The van der Waals surface area contributed by atoms with Crippen molar-refractivity contribution < 1.29 is 9.53 Å². The van der Waals surface area contributed by atoms with Gasteiger partial charge in [0.2, 0.25) is 5.91 Å². The van der Waals surface area contributed by atoms with Gasteiger partial charge < -0.3 is 9.64 Å². The van der Waals surface area contributed by atoms with Crippen molar-refractivity contribution in [3.63, 3.8) is 0 Å². The lowest BCUT2D eigenvalue weighted by Crippen LogP contribution is -2.30. The Hall–Kier alpha value is -3.33. The predicted octanol–water partition coefficient (Wildman–Crippen LogP) is 6.30. The van der Waals surface area contributed by atoms with E-state index >= 15 is 0 Å². The molecule has 0 N–H and O–H groups in total. The van der Waals surface area contributed by atoms with Crippen molar-refractivity contribution in [1.29, 1.82) is 0 Å². The number of carbonyl (C=O) groups excluding carboxylic acids is 1. The van der Waals surface area contributed by atoms with E-state index in [4.69, 9.17) is 4.74 Å². The summed E-state index contributed by atoms with van der Waals surface area (Å²) < 4.78 is 5.87. The standard InChI is InChI=1S/C28H31NO2/c1-4-26(22-12-8-6-9-13-22)28(23-14-10-7-11-15-23)24-16-18-25(19-17-24)31-21-20-29(3)27(30)5-2/h6-19H,4-5,20-21H2,1-3H3. The molecule has 0 fully saturated rings. The summed E-state index contributed by atoms with van der Waals surface area (Å²) in [4.78, 5) is 13.4. The van der Waals surface area contributed by atoms with Gasteiger partial charge in [-0.2, -0.15) is 0 Å². The number of benzene rings is 3. The fourth-order valence-electron chi connectivity index (χ4n) is 3.70. The molecule has 3 heteroatoms. The van der Waals surface area contributed by atoms with Crippen molar-refractivity contribution >= 4 is 17.1 Å². The second-order valence-electron chi connectivity index (χ2n) is 7.48. The zero-order valence-electron chi connectivity index (χ0n) is 18.7. The second-order valence-corrected chi connectivity index (χ2v) is 7.48. The number of hydrogen-bond donors (Lipinski definition) is 0. The molecule has 3 aromatic rings. The highest BCUT2D eigenvalue weighted by molar-refractivity contribution is 5.98. The summed E-state index contributed by atoms with van der Waals surface area (Å²) >= 11 is 0. The minimum Gasteiger partial charge on any atom is -0.492 e. The van der Waals surface area contributed by atoms with Crippen molar-refractivity contribution in [2.45, 2.75) is 26.7 Å². The highest BCUT2D eigenvalue weighted by Gasteiger charge is 2.13. The molecule has 0 aliphatic rings. The van der Waals surface area contributed by atoms with Gasteiger partial charge in [0, 0.05) is 13.5 Å². The summed E-state index contributed by atoms with van der Waals surface area (Å²) in [6.45, 7) is 5.14. The Morgan fingerprint density at radius 3 is 1.84 bits per heavy atom. The Balaban J connectivity index is 1.87. The van der Waals surface area contributed by atoms with Gasteiger partial charge in [0.15, 0.2) is 0 Å². The fourth-order valence-corrected chi connectivity index (χ4v) is 3.70. The molecule has 3 nitrogen and oxygen atoms in total. The Kier molecular flexibility index (Phi) is 8.05. The number of likely N-dealkylation sites (N-methyl/N-ethyl adjacent to an activating group) is 1. The van der Waals surface area contributed by atoms with Gasteiger partial charge in [0.1, 0.15) is 12.4 Å². The summed E-state index contributed by atoms with van der Waals surface area (Å²) in [5, 5.41) is 0. The summed E-state index contributed by atoms with van der Waals surface area (Å²) in [6.07, 6.45) is 1.45. The SMILES string of the molecule is CCC(=O)N(C)CCOc1ccc(C(=C(CC)c2ccccc2)c2ccccc2)cc1. The van der Waals surface area contributed by atoms with Crippen LogP contribution >= 0.6 is 0 Å². The van der Waals surface area contributed by atoms with Crippen LogP contribution in [0.5, 0.6) is 5.75 Å². The minimum absolute atomic E-state index is 0.129. The van der Waals surface area contributed by atoms with Crippen molar-refractivity contribution in [2.24, 2.45) is 0 Å². The first-order valence-electron chi connectivity index (χ1n) is 10.9. The summed E-state index contributed by atoms with van der Waals surface area (Å²) in [6, 6.07) is 29.4. The number of nitrogens with zero attached hydrogens (tertiary/aromatic N) is 1. The minimum atomic E-state index is 0.129. The molecule has 0 aliphatic heterocycles. The Labute approximate surface area is 186 Å². The smallest absolute Gasteiger partial charge is 0.222 e. The predicted molar refractivity (Wildman–Crippen MR) is 129 cm³/mol. The average molecular weight is 414 g/mol. The zero-order chi connectivity index (χ0) is 22.1. The number of amides is 1. The molecular formula is C28H31NO2. The maximum absolute atomic E-state index is 11.7. The van der Waals surface area contributed by atoms with Crippen molar-refractivity contribution in [3.8, 4) is 5.75 Å². The highest BCUT2D eigenvalue weighted by atomic mass is 16.5. The van der Waals surface area contributed by atoms with E-state index in [0.29, 0.717) is 19.6 Å². The van der Waals surface area contributed by atoms with E-state index in [1.54, 1.807) is 4.90 Å². The Bertz CT molecular complexity index is 992. The fraction of sp³-hybridized carbons (Fsp3) is 0.250. The largest absolute Gasteiger partial charge is 0.492 e. The lowest BCUT2D eigenvalue weighted by atomic mass is 9.88. The molecule has 0 aromatic heterocycles. The van der Waals surface area contributed by atoms with Gasteiger partial charge in [-0.25, -0.2) is 0 Å². The van der Waals surface area contributed by atoms with E-state index in [1.807, 2.05) is 32.2 Å². The van der Waals surface area contributed by atoms with Crippen LogP contribution in [0.15, 0.2) is 84.9 Å². The Morgan fingerprint density at radius 2 is 1.29 bits per heavy atom. The van der Waals surface area contributed by atoms with Crippen LogP contribution in [0.1, 0.15) is 43.4 Å². The van der Waals surface area contributed by atoms with Crippen molar-refractivity contribution in [1.82, 2.24) is 4.90 Å². The summed E-state index contributed by atoms with van der Waals surface area (Å²) in [5.41, 5.74) is 6.18. The number of ether oxygens (including phenoxy) is 1. The monoisotopic (exact) mass is 413 g/mol. The normalized spacial score (nSPS) is 11.6. The van der Waals surface area contributed by atoms with E-state index in [-0.39, 0.29) is 5.91 Å². The lowest BCUT2D eigenvalue weighted by Gasteiger charge is -2.18.